The van der Waals surface area contributed by atoms with Crippen molar-refractivity contribution in [3.8, 4) is 11.5 Å². The van der Waals surface area contributed by atoms with E-state index in [1.54, 1.807) is 46.4 Å². The molecule has 10 nitrogen and oxygen atoms in total. The lowest BCUT2D eigenvalue weighted by Gasteiger charge is -2.39. The number of carbonyl (C=O) groups is 3. The second-order valence-electron chi connectivity index (χ2n) is 10.4. The molecule has 0 spiro atoms. The maximum absolute atomic E-state index is 13.5. The minimum absolute atomic E-state index is 0.0664. The number of ether oxygens (including phenoxy) is 2. The van der Waals surface area contributed by atoms with Gasteiger partial charge in [0.2, 0.25) is 11.8 Å². The van der Waals surface area contributed by atoms with Gasteiger partial charge in [0.05, 0.1) is 31.1 Å². The lowest BCUT2D eigenvalue weighted by atomic mass is 10.0. The molecule has 3 aromatic carbocycles. The van der Waals surface area contributed by atoms with Crippen LogP contribution in [0.1, 0.15) is 13.8 Å². The third-order valence-electron chi connectivity index (χ3n) is 7.47. The molecule has 1 saturated heterocycles. The van der Waals surface area contributed by atoms with Gasteiger partial charge in [0.1, 0.15) is 11.7 Å². The Labute approximate surface area is 248 Å². The topological polar surface area (TPSA) is 104 Å². The minimum atomic E-state index is -1.15. The van der Waals surface area contributed by atoms with Crippen LogP contribution in [0.25, 0.3) is 10.9 Å². The zero-order valence-electron chi connectivity index (χ0n) is 24.5. The van der Waals surface area contributed by atoms with Crippen LogP contribution in [0.3, 0.4) is 0 Å². The van der Waals surface area contributed by atoms with Crippen LogP contribution in [0.15, 0.2) is 72.9 Å². The van der Waals surface area contributed by atoms with Crippen molar-refractivity contribution in [3.63, 3.8) is 0 Å². The average Bonchev–Trinajstić information content (AvgIpc) is 3.00. The van der Waals surface area contributed by atoms with Gasteiger partial charge in [0, 0.05) is 48.7 Å². The SMILES string of the molecule is COc1cc2nccc(N(C)c3ccc(NC(=O)C4CN(C(C)C)C(=O)N(c5ccc(F)cc5)C4=O)cc3)c2cc1OC. The number of amides is 4. The van der Waals surface area contributed by atoms with E-state index in [0.29, 0.717) is 17.2 Å². The number of rotatable bonds is 8. The summed E-state index contributed by atoms with van der Waals surface area (Å²) >= 11 is 0. The Morgan fingerprint density at radius 1 is 1.00 bits per heavy atom. The molecule has 1 unspecified atom stereocenters. The van der Waals surface area contributed by atoms with Gasteiger partial charge in [-0.25, -0.2) is 14.1 Å². The highest BCUT2D eigenvalue weighted by molar-refractivity contribution is 6.23. The van der Waals surface area contributed by atoms with Crippen LogP contribution in [-0.4, -0.2) is 61.6 Å². The van der Waals surface area contributed by atoms with E-state index in [1.165, 1.54) is 29.2 Å². The average molecular weight is 586 g/mol. The first-order chi connectivity index (χ1) is 20.6. The summed E-state index contributed by atoms with van der Waals surface area (Å²) < 4.78 is 24.4. The largest absolute Gasteiger partial charge is 0.493 e. The van der Waals surface area contributed by atoms with Crippen molar-refractivity contribution in [1.29, 1.82) is 0 Å². The molecule has 5 rings (SSSR count). The number of imide groups is 1. The van der Waals surface area contributed by atoms with E-state index < -0.39 is 29.6 Å². The highest BCUT2D eigenvalue weighted by atomic mass is 19.1. The molecule has 0 aliphatic carbocycles. The summed E-state index contributed by atoms with van der Waals surface area (Å²) in [6.07, 6.45) is 1.72. The summed E-state index contributed by atoms with van der Waals surface area (Å²) in [7, 11) is 5.07. The quantitative estimate of drug-likeness (QED) is 0.269. The number of carbonyl (C=O) groups excluding carboxylic acids is 3. The summed E-state index contributed by atoms with van der Waals surface area (Å²) in [6, 6.07) is 17.0. The molecular weight excluding hydrogens is 553 g/mol. The van der Waals surface area contributed by atoms with E-state index in [9.17, 15) is 18.8 Å². The molecule has 1 fully saturated rings. The molecule has 4 aromatic rings. The van der Waals surface area contributed by atoms with Crippen molar-refractivity contribution in [2.24, 2.45) is 5.92 Å². The van der Waals surface area contributed by atoms with Gasteiger partial charge in [-0.3, -0.25) is 14.6 Å². The number of anilines is 4. The zero-order chi connectivity index (χ0) is 30.8. The van der Waals surface area contributed by atoms with Crippen molar-refractivity contribution in [2.45, 2.75) is 19.9 Å². The summed E-state index contributed by atoms with van der Waals surface area (Å²) in [5.41, 5.74) is 3.16. The fourth-order valence-corrected chi connectivity index (χ4v) is 5.07. The van der Waals surface area contributed by atoms with Gasteiger partial charge >= 0.3 is 6.03 Å². The van der Waals surface area contributed by atoms with Gasteiger partial charge in [-0.05, 0) is 74.5 Å². The first-order valence-corrected chi connectivity index (χ1v) is 13.7. The fraction of sp³-hybridized carbons (Fsp3) is 0.250. The third-order valence-corrected chi connectivity index (χ3v) is 7.47. The highest BCUT2D eigenvalue weighted by Gasteiger charge is 2.44. The lowest BCUT2D eigenvalue weighted by molar-refractivity contribution is -0.132. The number of aromatic nitrogens is 1. The summed E-state index contributed by atoms with van der Waals surface area (Å²) in [5, 5.41) is 3.68. The van der Waals surface area contributed by atoms with Crippen LogP contribution < -0.4 is 24.6 Å². The molecule has 0 bridgehead atoms. The molecule has 222 valence electrons. The molecule has 1 aliphatic rings. The maximum atomic E-state index is 13.5. The monoisotopic (exact) mass is 585 g/mol. The summed E-state index contributed by atoms with van der Waals surface area (Å²) in [6.45, 7) is 3.54. The number of nitrogens with one attached hydrogen (secondary N) is 1. The molecule has 4 amide bonds. The van der Waals surface area contributed by atoms with Crippen molar-refractivity contribution in [3.05, 3.63) is 78.7 Å². The summed E-state index contributed by atoms with van der Waals surface area (Å²) in [4.78, 5) is 48.8. The molecule has 1 aliphatic heterocycles. The fourth-order valence-electron chi connectivity index (χ4n) is 5.07. The van der Waals surface area contributed by atoms with Gasteiger partial charge in [0.25, 0.3) is 0 Å². The van der Waals surface area contributed by atoms with Gasteiger partial charge < -0.3 is 24.6 Å². The predicted molar refractivity (Wildman–Crippen MR) is 163 cm³/mol. The number of urea groups is 1. The van der Waals surface area contributed by atoms with Crippen LogP contribution in [0.2, 0.25) is 0 Å². The second-order valence-corrected chi connectivity index (χ2v) is 10.4. The normalized spacial score (nSPS) is 15.2. The van der Waals surface area contributed by atoms with E-state index in [-0.39, 0.29) is 18.3 Å². The summed E-state index contributed by atoms with van der Waals surface area (Å²) in [5.74, 6) is -1.69. The van der Waals surface area contributed by atoms with Crippen molar-refractivity contribution >= 4 is 51.5 Å². The van der Waals surface area contributed by atoms with Crippen molar-refractivity contribution in [1.82, 2.24) is 9.88 Å². The van der Waals surface area contributed by atoms with Crippen LogP contribution >= 0.6 is 0 Å². The Bertz CT molecular complexity index is 1680. The molecule has 1 aromatic heterocycles. The highest BCUT2D eigenvalue weighted by Crippen LogP contribution is 2.37. The van der Waals surface area contributed by atoms with Crippen LogP contribution in [0.4, 0.5) is 31.9 Å². The number of hydrogen-bond donors (Lipinski definition) is 1. The van der Waals surface area contributed by atoms with Gasteiger partial charge in [0.15, 0.2) is 11.5 Å². The Balaban J connectivity index is 1.36. The van der Waals surface area contributed by atoms with E-state index in [4.69, 9.17) is 9.47 Å². The maximum Gasteiger partial charge on any atom is 0.331 e. The van der Waals surface area contributed by atoms with Crippen LogP contribution in [0.5, 0.6) is 11.5 Å². The predicted octanol–water partition coefficient (Wildman–Crippen LogP) is 5.59. The van der Waals surface area contributed by atoms with Crippen molar-refractivity contribution in [2.75, 3.05) is 42.9 Å². The lowest BCUT2D eigenvalue weighted by Crippen LogP contribution is -2.61. The Morgan fingerprint density at radius 3 is 2.28 bits per heavy atom. The number of benzene rings is 3. The van der Waals surface area contributed by atoms with Gasteiger partial charge in [-0.15, -0.1) is 0 Å². The van der Waals surface area contributed by atoms with Gasteiger partial charge in [-0.1, -0.05) is 0 Å². The molecule has 0 radical (unpaired) electrons. The zero-order valence-corrected chi connectivity index (χ0v) is 24.5. The molecule has 0 saturated carbocycles. The van der Waals surface area contributed by atoms with E-state index in [0.717, 1.165) is 27.2 Å². The second kappa shape index (κ2) is 12.0. The van der Waals surface area contributed by atoms with Crippen LogP contribution in [-0.2, 0) is 9.59 Å². The number of pyridine rings is 1. The molecule has 1 N–H and O–H groups in total. The standard InChI is InChI=1S/C32H32FN5O5/c1-19(2)37-18-25(31(40)38(32(37)41)23-10-6-20(33)7-11-23)30(39)35-21-8-12-22(13-9-21)36(3)27-14-15-34-26-17-29(43-5)28(42-4)16-24(26)27/h6-17,19,25H,18H2,1-5H3,(H,35,39). The number of fused-ring (bicyclic) bond motifs is 1. The van der Waals surface area contributed by atoms with E-state index >= 15 is 0 Å². The smallest absolute Gasteiger partial charge is 0.331 e. The number of hydrogen-bond acceptors (Lipinski definition) is 7. The molecular formula is C32H32FN5O5. The van der Waals surface area contributed by atoms with E-state index in [1.807, 2.05) is 42.3 Å². The molecule has 43 heavy (non-hydrogen) atoms. The molecule has 11 heteroatoms. The molecule has 1 atom stereocenters. The number of methoxy groups -OCH3 is 2. The Morgan fingerprint density at radius 2 is 1.65 bits per heavy atom. The van der Waals surface area contributed by atoms with Crippen molar-refractivity contribution < 1.29 is 28.2 Å². The van der Waals surface area contributed by atoms with Crippen LogP contribution in [0, 0.1) is 11.7 Å². The number of nitrogens with zero attached hydrogens (tertiary/aromatic N) is 4. The Kier molecular flexibility index (Phi) is 8.16. The van der Waals surface area contributed by atoms with E-state index in [2.05, 4.69) is 10.3 Å². The Hall–Kier alpha value is -5.19. The third kappa shape index (κ3) is 5.66. The number of halogens is 1. The first kappa shape index (κ1) is 29.3. The van der Waals surface area contributed by atoms with Gasteiger partial charge in [-0.2, -0.15) is 0 Å². The molecule has 2 heterocycles. The first-order valence-electron chi connectivity index (χ1n) is 13.7. The minimum Gasteiger partial charge on any atom is -0.493 e.